The van der Waals surface area contributed by atoms with Crippen molar-refractivity contribution in [2.24, 2.45) is 5.92 Å². The summed E-state index contributed by atoms with van der Waals surface area (Å²) in [4.78, 5) is 34.1. The van der Waals surface area contributed by atoms with Crippen LogP contribution in [0.25, 0.3) is 0 Å². The SMILES string of the molecule is CCNC(=O)CNC(=O)COC(=O)C1CCCCC1. The van der Waals surface area contributed by atoms with E-state index in [1.165, 1.54) is 0 Å². The number of likely N-dealkylation sites (N-methyl/N-ethyl adjacent to an activating group) is 1. The van der Waals surface area contributed by atoms with Crippen LogP contribution in [0.1, 0.15) is 39.0 Å². The number of hydrogen-bond donors (Lipinski definition) is 2. The summed E-state index contributed by atoms with van der Waals surface area (Å²) in [6.45, 7) is 1.92. The zero-order valence-corrected chi connectivity index (χ0v) is 11.4. The molecule has 0 aliphatic heterocycles. The second-order valence-corrected chi connectivity index (χ2v) is 4.67. The molecule has 1 rings (SSSR count). The van der Waals surface area contributed by atoms with Gasteiger partial charge < -0.3 is 15.4 Å². The van der Waals surface area contributed by atoms with E-state index in [-0.39, 0.29) is 30.9 Å². The van der Waals surface area contributed by atoms with Gasteiger partial charge in [0, 0.05) is 6.54 Å². The molecule has 0 heterocycles. The van der Waals surface area contributed by atoms with Crippen LogP contribution in [-0.4, -0.2) is 37.5 Å². The third-order valence-corrected chi connectivity index (χ3v) is 3.10. The number of ether oxygens (including phenoxy) is 1. The highest BCUT2D eigenvalue weighted by atomic mass is 16.5. The van der Waals surface area contributed by atoms with E-state index in [0.717, 1.165) is 32.1 Å². The highest BCUT2D eigenvalue weighted by molar-refractivity contribution is 5.86. The number of nitrogens with one attached hydrogen (secondary N) is 2. The summed E-state index contributed by atoms with van der Waals surface area (Å²) in [6.07, 6.45) is 4.95. The van der Waals surface area contributed by atoms with Gasteiger partial charge in [0.1, 0.15) is 0 Å². The van der Waals surface area contributed by atoms with E-state index >= 15 is 0 Å². The molecule has 0 radical (unpaired) electrons. The smallest absolute Gasteiger partial charge is 0.309 e. The molecule has 6 nitrogen and oxygen atoms in total. The van der Waals surface area contributed by atoms with Gasteiger partial charge in [-0.3, -0.25) is 14.4 Å². The highest BCUT2D eigenvalue weighted by Gasteiger charge is 2.23. The van der Waals surface area contributed by atoms with Gasteiger partial charge in [0.05, 0.1) is 12.5 Å². The topological polar surface area (TPSA) is 84.5 Å². The Kier molecular flexibility index (Phi) is 6.92. The molecule has 0 bridgehead atoms. The maximum atomic E-state index is 11.7. The van der Waals surface area contributed by atoms with Gasteiger partial charge in [-0.15, -0.1) is 0 Å². The van der Waals surface area contributed by atoms with Crippen LogP contribution in [0.15, 0.2) is 0 Å². The average Bonchev–Trinajstić information content (AvgIpc) is 2.44. The van der Waals surface area contributed by atoms with Crippen molar-refractivity contribution in [3.05, 3.63) is 0 Å². The standard InChI is InChI=1S/C13H22N2O4/c1-2-14-11(16)8-15-12(17)9-19-13(18)10-6-4-3-5-7-10/h10H,2-9H2,1H3,(H,14,16)(H,15,17). The summed E-state index contributed by atoms with van der Waals surface area (Å²) >= 11 is 0. The third kappa shape index (κ3) is 6.22. The van der Waals surface area contributed by atoms with E-state index in [0.29, 0.717) is 6.54 Å². The lowest BCUT2D eigenvalue weighted by atomic mass is 9.89. The Bertz CT molecular complexity index is 325. The van der Waals surface area contributed by atoms with Gasteiger partial charge in [0.15, 0.2) is 6.61 Å². The molecule has 1 saturated carbocycles. The first kappa shape index (κ1) is 15.5. The molecule has 0 saturated heterocycles. The van der Waals surface area contributed by atoms with E-state index in [4.69, 9.17) is 4.74 Å². The molecule has 1 aliphatic carbocycles. The lowest BCUT2D eigenvalue weighted by molar-refractivity contribution is -0.153. The Morgan fingerprint density at radius 1 is 1.05 bits per heavy atom. The minimum absolute atomic E-state index is 0.0649. The largest absolute Gasteiger partial charge is 0.455 e. The zero-order valence-electron chi connectivity index (χ0n) is 11.4. The van der Waals surface area contributed by atoms with Gasteiger partial charge in [0.25, 0.3) is 5.91 Å². The van der Waals surface area contributed by atoms with Gasteiger partial charge >= 0.3 is 5.97 Å². The van der Waals surface area contributed by atoms with Gasteiger partial charge in [-0.2, -0.15) is 0 Å². The van der Waals surface area contributed by atoms with Gasteiger partial charge in [-0.25, -0.2) is 0 Å². The van der Waals surface area contributed by atoms with Crippen molar-refractivity contribution < 1.29 is 19.1 Å². The molecule has 2 amide bonds. The number of carbonyl (C=O) groups excluding carboxylic acids is 3. The highest BCUT2D eigenvalue weighted by Crippen LogP contribution is 2.24. The summed E-state index contributed by atoms with van der Waals surface area (Å²) < 4.78 is 4.95. The summed E-state index contributed by atoms with van der Waals surface area (Å²) in [5, 5.41) is 4.95. The lowest BCUT2D eigenvalue weighted by Gasteiger charge is -2.19. The maximum absolute atomic E-state index is 11.7. The fourth-order valence-electron chi connectivity index (χ4n) is 2.08. The second-order valence-electron chi connectivity index (χ2n) is 4.67. The monoisotopic (exact) mass is 270 g/mol. The van der Waals surface area contributed by atoms with Crippen LogP contribution in [0.3, 0.4) is 0 Å². The Hall–Kier alpha value is -1.59. The molecule has 108 valence electrons. The fraction of sp³-hybridized carbons (Fsp3) is 0.769. The van der Waals surface area contributed by atoms with Gasteiger partial charge in [0.2, 0.25) is 5.91 Å². The van der Waals surface area contributed by atoms with Crippen molar-refractivity contribution in [2.75, 3.05) is 19.7 Å². The van der Waals surface area contributed by atoms with E-state index < -0.39 is 5.91 Å². The van der Waals surface area contributed by atoms with Crippen molar-refractivity contribution in [1.82, 2.24) is 10.6 Å². The molecule has 0 aromatic rings. The van der Waals surface area contributed by atoms with E-state index in [1.54, 1.807) is 6.92 Å². The van der Waals surface area contributed by atoms with Crippen LogP contribution in [0.2, 0.25) is 0 Å². The van der Waals surface area contributed by atoms with Crippen LogP contribution in [-0.2, 0) is 19.1 Å². The quantitative estimate of drug-likeness (QED) is 0.683. The van der Waals surface area contributed by atoms with Crippen LogP contribution in [0.5, 0.6) is 0 Å². The molecular weight excluding hydrogens is 248 g/mol. The predicted octanol–water partition coefficient (Wildman–Crippen LogP) is 0.362. The van der Waals surface area contributed by atoms with Crippen LogP contribution in [0.4, 0.5) is 0 Å². The second kappa shape index (κ2) is 8.50. The normalized spacial score (nSPS) is 15.6. The molecule has 2 N–H and O–H groups in total. The maximum Gasteiger partial charge on any atom is 0.309 e. The first-order chi connectivity index (χ1) is 9.13. The number of hydrogen-bond acceptors (Lipinski definition) is 4. The van der Waals surface area contributed by atoms with Gasteiger partial charge in [-0.1, -0.05) is 19.3 Å². The Morgan fingerprint density at radius 3 is 2.37 bits per heavy atom. The molecule has 1 aliphatic rings. The van der Waals surface area contributed by atoms with Crippen LogP contribution < -0.4 is 10.6 Å². The molecule has 0 atom stereocenters. The molecule has 1 fully saturated rings. The Balaban J connectivity index is 2.15. The minimum atomic E-state index is -0.449. The molecule has 0 spiro atoms. The van der Waals surface area contributed by atoms with E-state index in [2.05, 4.69) is 10.6 Å². The number of esters is 1. The van der Waals surface area contributed by atoms with E-state index in [9.17, 15) is 14.4 Å². The average molecular weight is 270 g/mol. The molecular formula is C13H22N2O4. The molecule has 19 heavy (non-hydrogen) atoms. The van der Waals surface area contributed by atoms with Crippen LogP contribution in [0, 0.1) is 5.92 Å². The zero-order chi connectivity index (χ0) is 14.1. The summed E-state index contributed by atoms with van der Waals surface area (Å²) in [5.74, 6) is -1.07. The third-order valence-electron chi connectivity index (χ3n) is 3.10. The van der Waals surface area contributed by atoms with Crippen LogP contribution >= 0.6 is 0 Å². The fourth-order valence-corrected chi connectivity index (χ4v) is 2.08. The first-order valence-corrected chi connectivity index (χ1v) is 6.83. The molecule has 0 aromatic carbocycles. The molecule has 6 heteroatoms. The van der Waals surface area contributed by atoms with Gasteiger partial charge in [-0.05, 0) is 19.8 Å². The van der Waals surface area contributed by atoms with Crippen molar-refractivity contribution in [3.8, 4) is 0 Å². The first-order valence-electron chi connectivity index (χ1n) is 6.83. The Morgan fingerprint density at radius 2 is 1.74 bits per heavy atom. The van der Waals surface area contributed by atoms with Crippen molar-refractivity contribution in [2.45, 2.75) is 39.0 Å². The molecule has 0 aromatic heterocycles. The van der Waals surface area contributed by atoms with Crippen molar-refractivity contribution in [3.63, 3.8) is 0 Å². The summed E-state index contributed by atoms with van der Waals surface area (Å²) in [5.41, 5.74) is 0. The summed E-state index contributed by atoms with van der Waals surface area (Å²) in [7, 11) is 0. The summed E-state index contributed by atoms with van der Waals surface area (Å²) in [6, 6.07) is 0. The number of amides is 2. The Labute approximate surface area is 113 Å². The molecule has 0 unspecified atom stereocenters. The minimum Gasteiger partial charge on any atom is -0.455 e. The van der Waals surface area contributed by atoms with Crippen molar-refractivity contribution >= 4 is 17.8 Å². The lowest BCUT2D eigenvalue weighted by Crippen LogP contribution is -2.39. The number of carbonyl (C=O) groups is 3. The number of rotatable bonds is 6. The van der Waals surface area contributed by atoms with E-state index in [1.807, 2.05) is 0 Å². The predicted molar refractivity (Wildman–Crippen MR) is 69.2 cm³/mol. The van der Waals surface area contributed by atoms with Crippen molar-refractivity contribution in [1.29, 1.82) is 0 Å².